The average molecular weight is 332 g/mol. The van der Waals surface area contributed by atoms with Crippen molar-refractivity contribution in [1.29, 1.82) is 0 Å². The van der Waals surface area contributed by atoms with Crippen LogP contribution in [0.2, 0.25) is 0 Å². The number of amides is 2. The van der Waals surface area contributed by atoms with E-state index in [0.29, 0.717) is 30.9 Å². The smallest absolute Gasteiger partial charge is 0.321 e. The van der Waals surface area contributed by atoms with Gasteiger partial charge in [0.2, 0.25) is 0 Å². The Morgan fingerprint density at radius 1 is 1.04 bits per heavy atom. The van der Waals surface area contributed by atoms with Crippen LogP contribution in [0.5, 0.6) is 0 Å². The van der Waals surface area contributed by atoms with Crippen LogP contribution < -0.4 is 5.32 Å². The van der Waals surface area contributed by atoms with Crippen molar-refractivity contribution < 1.29 is 9.59 Å². The number of nitrogens with zero attached hydrogens (tertiary/aromatic N) is 3. The molecule has 1 aliphatic heterocycles. The minimum atomic E-state index is -0.114. The molecule has 0 bridgehead atoms. The van der Waals surface area contributed by atoms with Crippen molar-refractivity contribution in [1.82, 2.24) is 14.7 Å². The van der Waals surface area contributed by atoms with Crippen LogP contribution in [0.1, 0.15) is 24.2 Å². The highest BCUT2D eigenvalue weighted by Crippen LogP contribution is 2.12. The Labute approximate surface area is 144 Å². The number of urea groups is 1. The van der Waals surface area contributed by atoms with Gasteiger partial charge in [0.25, 0.3) is 0 Å². The number of carbonyl (C=O) groups excluding carboxylic acids is 2. The SMILES string of the molecule is CCN(CC)C(=O)Nc1ccc(C(=O)CN2CCN(C)CC2)cc1. The Morgan fingerprint density at radius 3 is 2.17 bits per heavy atom. The Hall–Kier alpha value is -1.92. The minimum absolute atomic E-state index is 0.114. The predicted molar refractivity (Wildman–Crippen MR) is 96.6 cm³/mol. The summed E-state index contributed by atoms with van der Waals surface area (Å²) in [4.78, 5) is 30.6. The fourth-order valence-corrected chi connectivity index (χ4v) is 2.75. The van der Waals surface area contributed by atoms with Crippen LogP contribution >= 0.6 is 0 Å². The lowest BCUT2D eigenvalue weighted by Gasteiger charge is -2.31. The van der Waals surface area contributed by atoms with Crippen LogP contribution in [0.25, 0.3) is 0 Å². The van der Waals surface area contributed by atoms with Gasteiger partial charge in [0.15, 0.2) is 5.78 Å². The number of rotatable bonds is 6. The Balaban J connectivity index is 1.89. The molecular formula is C18H28N4O2. The van der Waals surface area contributed by atoms with E-state index in [1.165, 1.54) is 0 Å². The Bertz CT molecular complexity index is 547. The van der Waals surface area contributed by atoms with Gasteiger partial charge in [-0.15, -0.1) is 0 Å². The normalized spacial score (nSPS) is 16.0. The van der Waals surface area contributed by atoms with Crippen LogP contribution in [0.15, 0.2) is 24.3 Å². The maximum atomic E-state index is 12.4. The van der Waals surface area contributed by atoms with Crippen molar-refractivity contribution in [3.63, 3.8) is 0 Å². The van der Waals surface area contributed by atoms with Crippen molar-refractivity contribution >= 4 is 17.5 Å². The van der Waals surface area contributed by atoms with Gasteiger partial charge in [-0.1, -0.05) is 0 Å². The lowest BCUT2D eigenvalue weighted by Crippen LogP contribution is -2.46. The number of anilines is 1. The molecule has 6 nitrogen and oxygen atoms in total. The predicted octanol–water partition coefficient (Wildman–Crippen LogP) is 1.99. The first-order valence-electron chi connectivity index (χ1n) is 8.63. The van der Waals surface area contributed by atoms with Gasteiger partial charge in [0, 0.05) is 50.5 Å². The quantitative estimate of drug-likeness (QED) is 0.810. The molecule has 1 aliphatic rings. The summed E-state index contributed by atoms with van der Waals surface area (Å²) >= 11 is 0. The van der Waals surface area contributed by atoms with Crippen LogP contribution in [0, 0.1) is 0 Å². The van der Waals surface area contributed by atoms with E-state index in [1.807, 2.05) is 13.8 Å². The Kier molecular flexibility index (Phi) is 6.75. The maximum Gasteiger partial charge on any atom is 0.321 e. The van der Waals surface area contributed by atoms with E-state index in [0.717, 1.165) is 26.2 Å². The minimum Gasteiger partial charge on any atom is -0.325 e. The van der Waals surface area contributed by atoms with Crippen LogP contribution in [-0.4, -0.2) is 79.4 Å². The molecule has 0 atom stereocenters. The summed E-state index contributed by atoms with van der Waals surface area (Å²) in [6.07, 6.45) is 0. The van der Waals surface area contributed by atoms with E-state index in [4.69, 9.17) is 0 Å². The lowest BCUT2D eigenvalue weighted by molar-refractivity contribution is 0.0876. The molecule has 0 aliphatic carbocycles. The second-order valence-electron chi connectivity index (χ2n) is 6.18. The van der Waals surface area contributed by atoms with Gasteiger partial charge in [-0.2, -0.15) is 0 Å². The van der Waals surface area contributed by atoms with Crippen molar-refractivity contribution in [2.75, 3.05) is 58.2 Å². The van der Waals surface area contributed by atoms with E-state index in [-0.39, 0.29) is 11.8 Å². The van der Waals surface area contributed by atoms with E-state index < -0.39 is 0 Å². The highest BCUT2D eigenvalue weighted by molar-refractivity contribution is 5.98. The van der Waals surface area contributed by atoms with Gasteiger partial charge in [-0.3, -0.25) is 9.69 Å². The van der Waals surface area contributed by atoms with Gasteiger partial charge in [-0.05, 0) is 45.2 Å². The van der Waals surface area contributed by atoms with Gasteiger partial charge >= 0.3 is 6.03 Å². The van der Waals surface area contributed by atoms with Gasteiger partial charge in [-0.25, -0.2) is 4.79 Å². The molecule has 0 saturated carbocycles. The second kappa shape index (κ2) is 8.80. The molecular weight excluding hydrogens is 304 g/mol. The molecule has 2 rings (SSSR count). The molecule has 6 heteroatoms. The van der Waals surface area contributed by atoms with Crippen molar-refractivity contribution in [2.24, 2.45) is 0 Å². The maximum absolute atomic E-state index is 12.4. The summed E-state index contributed by atoms with van der Waals surface area (Å²) in [5.41, 5.74) is 1.40. The Morgan fingerprint density at radius 2 is 1.62 bits per heavy atom. The molecule has 1 saturated heterocycles. The first kappa shape index (κ1) is 18.4. The van der Waals surface area contributed by atoms with Crippen molar-refractivity contribution in [2.45, 2.75) is 13.8 Å². The molecule has 1 fully saturated rings. The fourth-order valence-electron chi connectivity index (χ4n) is 2.75. The van der Waals surface area contributed by atoms with Crippen LogP contribution in [0.4, 0.5) is 10.5 Å². The van der Waals surface area contributed by atoms with Crippen LogP contribution in [0.3, 0.4) is 0 Å². The summed E-state index contributed by atoms with van der Waals surface area (Å²) in [5, 5.41) is 2.86. The summed E-state index contributed by atoms with van der Waals surface area (Å²) < 4.78 is 0. The zero-order chi connectivity index (χ0) is 17.5. The highest BCUT2D eigenvalue weighted by Gasteiger charge is 2.17. The average Bonchev–Trinajstić information content (AvgIpc) is 2.58. The zero-order valence-electron chi connectivity index (χ0n) is 14.9. The van der Waals surface area contributed by atoms with Crippen molar-refractivity contribution in [3.05, 3.63) is 29.8 Å². The highest BCUT2D eigenvalue weighted by atomic mass is 16.2. The topological polar surface area (TPSA) is 55.9 Å². The molecule has 0 aromatic heterocycles. The third-order valence-corrected chi connectivity index (χ3v) is 4.47. The van der Waals surface area contributed by atoms with E-state index in [9.17, 15) is 9.59 Å². The van der Waals surface area contributed by atoms with E-state index in [1.54, 1.807) is 29.2 Å². The second-order valence-corrected chi connectivity index (χ2v) is 6.18. The molecule has 2 amide bonds. The number of carbonyl (C=O) groups is 2. The van der Waals surface area contributed by atoms with E-state index in [2.05, 4.69) is 22.2 Å². The molecule has 1 aromatic rings. The summed E-state index contributed by atoms with van der Waals surface area (Å²) in [6, 6.07) is 7.04. The molecule has 24 heavy (non-hydrogen) atoms. The molecule has 0 unspecified atom stereocenters. The monoisotopic (exact) mass is 332 g/mol. The van der Waals surface area contributed by atoms with Crippen LogP contribution in [-0.2, 0) is 0 Å². The molecule has 1 heterocycles. The van der Waals surface area contributed by atoms with Gasteiger partial charge < -0.3 is 15.1 Å². The summed E-state index contributed by atoms with van der Waals surface area (Å²) in [6.45, 7) is 9.56. The molecule has 0 spiro atoms. The third kappa shape index (κ3) is 5.04. The standard InChI is InChI=1S/C18H28N4O2/c1-4-22(5-2)18(24)19-16-8-6-15(7-9-16)17(23)14-21-12-10-20(3)11-13-21/h6-9H,4-5,10-14H2,1-3H3,(H,19,24). The van der Waals surface area contributed by atoms with Crippen molar-refractivity contribution in [3.8, 4) is 0 Å². The van der Waals surface area contributed by atoms with E-state index >= 15 is 0 Å². The lowest BCUT2D eigenvalue weighted by atomic mass is 10.1. The first-order chi connectivity index (χ1) is 11.5. The molecule has 0 radical (unpaired) electrons. The number of benzene rings is 1. The summed E-state index contributed by atoms with van der Waals surface area (Å²) in [5.74, 6) is 0.126. The first-order valence-corrected chi connectivity index (χ1v) is 8.63. The number of hydrogen-bond acceptors (Lipinski definition) is 4. The summed E-state index contributed by atoms with van der Waals surface area (Å²) in [7, 11) is 2.10. The number of Topliss-reactive ketones (excluding diaryl/α,β-unsaturated/α-hetero) is 1. The molecule has 132 valence electrons. The molecule has 1 N–H and O–H groups in total. The number of piperazine rings is 1. The number of ketones is 1. The number of likely N-dealkylation sites (N-methyl/N-ethyl adjacent to an activating group) is 1. The number of hydrogen-bond donors (Lipinski definition) is 1. The third-order valence-electron chi connectivity index (χ3n) is 4.47. The number of nitrogens with one attached hydrogen (secondary N) is 1. The molecule has 1 aromatic carbocycles. The van der Waals surface area contributed by atoms with Gasteiger partial charge in [0.05, 0.1) is 6.54 Å². The fraction of sp³-hybridized carbons (Fsp3) is 0.556. The van der Waals surface area contributed by atoms with Gasteiger partial charge in [0.1, 0.15) is 0 Å². The largest absolute Gasteiger partial charge is 0.325 e. The zero-order valence-corrected chi connectivity index (χ0v) is 14.9.